The summed E-state index contributed by atoms with van der Waals surface area (Å²) >= 11 is 0. The lowest BCUT2D eigenvalue weighted by Gasteiger charge is -2.34. The summed E-state index contributed by atoms with van der Waals surface area (Å²) in [4.78, 5) is 17.3. The highest BCUT2D eigenvalue weighted by Crippen LogP contribution is 2.28. The minimum atomic E-state index is -0.378. The molecule has 1 aromatic carbocycles. The van der Waals surface area contributed by atoms with Crippen LogP contribution >= 0.6 is 24.8 Å². The molecule has 1 heterocycles. The summed E-state index contributed by atoms with van der Waals surface area (Å²) in [6.07, 6.45) is 2.79. The van der Waals surface area contributed by atoms with Gasteiger partial charge >= 0.3 is 0 Å². The number of likely N-dealkylation sites (tertiary alicyclic amines) is 1. The first-order valence-corrected chi connectivity index (χ1v) is 9.26. The Morgan fingerprint density at radius 1 is 1.23 bits per heavy atom. The van der Waals surface area contributed by atoms with E-state index in [0.29, 0.717) is 12.5 Å². The lowest BCUT2D eigenvalue weighted by molar-refractivity contribution is -0.141. The van der Waals surface area contributed by atoms with Gasteiger partial charge in [-0.25, -0.2) is 0 Å². The zero-order valence-corrected chi connectivity index (χ0v) is 18.0. The average Bonchev–Trinajstić information content (AvgIpc) is 3.04. The Morgan fingerprint density at radius 3 is 2.38 bits per heavy atom. The third-order valence-electron chi connectivity index (χ3n) is 5.70. The molecule has 0 radical (unpaired) electrons. The van der Waals surface area contributed by atoms with E-state index in [-0.39, 0.29) is 36.1 Å². The first-order chi connectivity index (χ1) is 11.5. The van der Waals surface area contributed by atoms with Crippen LogP contribution in [0.1, 0.15) is 38.7 Å². The fraction of sp³-hybridized carbons (Fsp3) is 0.650. The zero-order valence-electron chi connectivity index (χ0n) is 16.3. The molecule has 1 atom stereocenters. The molecule has 2 rings (SSSR count). The van der Waals surface area contributed by atoms with Crippen molar-refractivity contribution in [3.05, 3.63) is 35.9 Å². The third-order valence-corrected chi connectivity index (χ3v) is 5.70. The Kier molecular flexibility index (Phi) is 11.4. The van der Waals surface area contributed by atoms with Crippen LogP contribution in [-0.2, 0) is 11.3 Å². The Labute approximate surface area is 171 Å². The van der Waals surface area contributed by atoms with Gasteiger partial charge in [0.1, 0.15) is 0 Å². The van der Waals surface area contributed by atoms with E-state index >= 15 is 0 Å². The number of carbonyl (C=O) groups is 1. The van der Waals surface area contributed by atoms with Crippen molar-refractivity contribution < 1.29 is 4.79 Å². The molecule has 1 saturated heterocycles. The number of hydrogen-bond donors (Lipinski definition) is 1. The number of halogens is 2. The van der Waals surface area contributed by atoms with Crippen LogP contribution in [-0.4, -0.2) is 48.9 Å². The van der Waals surface area contributed by atoms with Gasteiger partial charge < -0.3 is 10.6 Å². The smallest absolute Gasteiger partial charge is 0.229 e. The van der Waals surface area contributed by atoms with Gasteiger partial charge in [0.05, 0.1) is 5.41 Å². The summed E-state index contributed by atoms with van der Waals surface area (Å²) in [5.74, 6) is 0.781. The number of nitrogens with two attached hydrogens (primary N) is 1. The Balaban J connectivity index is 0.00000312. The van der Waals surface area contributed by atoms with Crippen molar-refractivity contribution in [2.75, 3.05) is 33.2 Å². The molecule has 0 aliphatic carbocycles. The number of rotatable bonds is 8. The largest absolute Gasteiger partial charge is 0.345 e. The van der Waals surface area contributed by atoms with Gasteiger partial charge in [0, 0.05) is 33.2 Å². The van der Waals surface area contributed by atoms with Crippen LogP contribution in [0.15, 0.2) is 30.3 Å². The lowest BCUT2D eigenvalue weighted by atomic mass is 9.81. The minimum absolute atomic E-state index is 0. The normalized spacial score (nSPS) is 17.3. The molecule has 2 N–H and O–H groups in total. The van der Waals surface area contributed by atoms with Crippen LogP contribution in [0.2, 0.25) is 0 Å². The van der Waals surface area contributed by atoms with E-state index in [1.165, 1.54) is 12.0 Å². The second-order valence-electron chi connectivity index (χ2n) is 7.25. The lowest BCUT2D eigenvalue weighted by Crippen LogP contribution is -2.47. The third kappa shape index (κ3) is 6.12. The van der Waals surface area contributed by atoms with Gasteiger partial charge in [-0.05, 0) is 37.3 Å². The molecule has 1 amide bonds. The fourth-order valence-corrected chi connectivity index (χ4v) is 3.85. The van der Waals surface area contributed by atoms with Crippen molar-refractivity contribution in [3.63, 3.8) is 0 Å². The molecule has 4 nitrogen and oxygen atoms in total. The predicted octanol–water partition coefficient (Wildman–Crippen LogP) is 3.58. The van der Waals surface area contributed by atoms with Crippen molar-refractivity contribution in [1.29, 1.82) is 0 Å². The van der Waals surface area contributed by atoms with Crippen LogP contribution in [0.4, 0.5) is 0 Å². The van der Waals surface area contributed by atoms with E-state index in [4.69, 9.17) is 5.73 Å². The molecule has 6 heteroatoms. The molecule has 1 aliphatic heterocycles. The summed E-state index contributed by atoms with van der Waals surface area (Å²) in [6, 6.07) is 10.6. The molecule has 26 heavy (non-hydrogen) atoms. The van der Waals surface area contributed by atoms with Crippen molar-refractivity contribution in [2.24, 2.45) is 17.1 Å². The van der Waals surface area contributed by atoms with E-state index in [9.17, 15) is 4.79 Å². The van der Waals surface area contributed by atoms with Gasteiger partial charge in [-0.1, -0.05) is 44.2 Å². The highest BCUT2D eigenvalue weighted by molar-refractivity contribution is 5.85. The number of nitrogens with zero attached hydrogens (tertiary/aromatic N) is 2. The topological polar surface area (TPSA) is 49.6 Å². The Bertz CT molecular complexity index is 515. The van der Waals surface area contributed by atoms with Gasteiger partial charge in [-0.3, -0.25) is 9.69 Å². The first kappa shape index (κ1) is 25.2. The minimum Gasteiger partial charge on any atom is -0.345 e. The summed E-state index contributed by atoms with van der Waals surface area (Å²) in [7, 11) is 1.94. The molecular weight excluding hydrogens is 369 g/mol. The van der Waals surface area contributed by atoms with Gasteiger partial charge in [0.15, 0.2) is 0 Å². The van der Waals surface area contributed by atoms with Crippen molar-refractivity contribution >= 4 is 30.7 Å². The van der Waals surface area contributed by atoms with Gasteiger partial charge in [0.25, 0.3) is 0 Å². The second-order valence-corrected chi connectivity index (χ2v) is 7.25. The molecule has 1 aromatic rings. The number of benzene rings is 1. The summed E-state index contributed by atoms with van der Waals surface area (Å²) < 4.78 is 0. The van der Waals surface area contributed by atoms with Gasteiger partial charge in [-0.2, -0.15) is 0 Å². The van der Waals surface area contributed by atoms with Crippen LogP contribution in [0.3, 0.4) is 0 Å². The van der Waals surface area contributed by atoms with E-state index in [1.807, 2.05) is 11.9 Å². The summed E-state index contributed by atoms with van der Waals surface area (Å²) in [6.45, 7) is 8.61. The van der Waals surface area contributed by atoms with Crippen molar-refractivity contribution in [3.8, 4) is 0 Å². The second kappa shape index (κ2) is 11.8. The standard InChI is InChI=1S/C20H33N3O.2ClH/c1-4-20(5-2,16-21)19(24)22(3)13-18-11-12-23(15-18)14-17-9-7-6-8-10-17;;/h6-10,18H,4-5,11-16,21H2,1-3H3;2*1H. The van der Waals surface area contributed by atoms with Crippen LogP contribution in [0.5, 0.6) is 0 Å². The number of amides is 1. The molecular formula is C20H35Cl2N3O. The Morgan fingerprint density at radius 2 is 1.85 bits per heavy atom. The van der Waals surface area contributed by atoms with Crippen molar-refractivity contribution in [2.45, 2.75) is 39.7 Å². The molecule has 0 spiro atoms. The Hall–Kier alpha value is -0.810. The first-order valence-electron chi connectivity index (χ1n) is 9.26. The highest BCUT2D eigenvalue weighted by Gasteiger charge is 2.36. The van der Waals surface area contributed by atoms with E-state index in [1.54, 1.807) is 0 Å². The molecule has 1 unspecified atom stereocenters. The fourth-order valence-electron chi connectivity index (χ4n) is 3.85. The summed E-state index contributed by atoms with van der Waals surface area (Å²) in [5, 5.41) is 0. The number of hydrogen-bond acceptors (Lipinski definition) is 3. The maximum Gasteiger partial charge on any atom is 0.229 e. The summed E-state index contributed by atoms with van der Waals surface area (Å²) in [5.41, 5.74) is 6.91. The van der Waals surface area contributed by atoms with Gasteiger partial charge in [-0.15, -0.1) is 24.8 Å². The molecule has 1 aliphatic rings. The zero-order chi connectivity index (χ0) is 17.6. The highest BCUT2D eigenvalue weighted by atomic mass is 35.5. The SMILES string of the molecule is CCC(CC)(CN)C(=O)N(C)CC1CCN(Cc2ccccc2)C1.Cl.Cl. The van der Waals surface area contributed by atoms with E-state index in [0.717, 1.165) is 39.0 Å². The van der Waals surface area contributed by atoms with Crippen LogP contribution in [0.25, 0.3) is 0 Å². The van der Waals surface area contributed by atoms with Crippen molar-refractivity contribution in [1.82, 2.24) is 9.80 Å². The predicted molar refractivity (Wildman–Crippen MR) is 114 cm³/mol. The molecule has 0 saturated carbocycles. The molecule has 150 valence electrons. The maximum atomic E-state index is 12.9. The van der Waals surface area contributed by atoms with Gasteiger partial charge in [0.2, 0.25) is 5.91 Å². The number of carbonyl (C=O) groups excluding carboxylic acids is 1. The van der Waals surface area contributed by atoms with E-state index in [2.05, 4.69) is 49.1 Å². The van der Waals surface area contributed by atoms with Crippen LogP contribution < -0.4 is 5.73 Å². The maximum absolute atomic E-state index is 12.9. The molecule has 0 bridgehead atoms. The van der Waals surface area contributed by atoms with E-state index < -0.39 is 0 Å². The van der Waals surface area contributed by atoms with Crippen LogP contribution in [0, 0.1) is 11.3 Å². The molecule has 1 fully saturated rings. The quantitative estimate of drug-likeness (QED) is 0.721. The monoisotopic (exact) mass is 403 g/mol. The average molecular weight is 404 g/mol. The molecule has 0 aromatic heterocycles.